The normalized spacial score (nSPS) is 22.6. The summed E-state index contributed by atoms with van der Waals surface area (Å²) in [5.41, 5.74) is 3.70. The fourth-order valence-electron chi connectivity index (χ4n) is 1.48. The van der Waals surface area contributed by atoms with E-state index in [0.717, 1.165) is 18.7 Å². The van der Waals surface area contributed by atoms with Gasteiger partial charge in [-0.1, -0.05) is 19.2 Å². The molecule has 0 bridgehead atoms. The van der Waals surface area contributed by atoms with Crippen LogP contribution in [0.2, 0.25) is 0 Å². The predicted octanol–water partition coefficient (Wildman–Crippen LogP) is 2.78. The van der Waals surface area contributed by atoms with Gasteiger partial charge < -0.3 is 5.32 Å². The van der Waals surface area contributed by atoms with Crippen LogP contribution in [0.15, 0.2) is 36.1 Å². The van der Waals surface area contributed by atoms with Crippen molar-refractivity contribution < 1.29 is 0 Å². The van der Waals surface area contributed by atoms with Crippen LogP contribution in [0.25, 0.3) is 0 Å². The highest BCUT2D eigenvalue weighted by molar-refractivity contribution is 5.36. The Hall–Kier alpha value is -0.980. The second kappa shape index (κ2) is 4.15. The quantitative estimate of drug-likeness (QED) is 0.626. The fourth-order valence-corrected chi connectivity index (χ4v) is 1.48. The molecule has 0 spiro atoms. The van der Waals surface area contributed by atoms with E-state index in [1.54, 1.807) is 0 Å². The largest absolute Gasteiger partial charge is 0.385 e. The van der Waals surface area contributed by atoms with E-state index < -0.39 is 0 Å². The van der Waals surface area contributed by atoms with Gasteiger partial charge in [-0.05, 0) is 37.3 Å². The topological polar surface area (TPSA) is 12.0 Å². The van der Waals surface area contributed by atoms with Crippen molar-refractivity contribution in [2.75, 3.05) is 6.54 Å². The maximum atomic E-state index is 4.01. The molecule has 12 heavy (non-hydrogen) atoms. The van der Waals surface area contributed by atoms with Crippen molar-refractivity contribution in [3.8, 4) is 0 Å². The summed E-state index contributed by atoms with van der Waals surface area (Å²) in [6.45, 7) is 10.9. The summed E-state index contributed by atoms with van der Waals surface area (Å²) in [5.74, 6) is 0. The lowest BCUT2D eigenvalue weighted by Gasteiger charge is -2.09. The van der Waals surface area contributed by atoms with Crippen molar-refractivity contribution in [2.24, 2.45) is 0 Å². The molecule has 1 heterocycles. The monoisotopic (exact) mass is 163 g/mol. The minimum atomic E-state index is 1.06. The van der Waals surface area contributed by atoms with E-state index in [1.807, 2.05) is 6.08 Å². The van der Waals surface area contributed by atoms with Crippen molar-refractivity contribution in [3.63, 3.8) is 0 Å². The third-order valence-corrected chi connectivity index (χ3v) is 2.34. The van der Waals surface area contributed by atoms with Gasteiger partial charge in [0.15, 0.2) is 0 Å². The van der Waals surface area contributed by atoms with Crippen LogP contribution in [0.5, 0.6) is 0 Å². The van der Waals surface area contributed by atoms with E-state index in [9.17, 15) is 0 Å². The molecule has 1 heteroatoms. The van der Waals surface area contributed by atoms with Crippen LogP contribution in [0.4, 0.5) is 0 Å². The first-order chi connectivity index (χ1) is 5.75. The molecule has 0 aromatic heterocycles. The SMILES string of the molecule is C=C/C(C)=C1/CCCCNC1=C. The lowest BCUT2D eigenvalue weighted by atomic mass is 10.0. The van der Waals surface area contributed by atoms with Gasteiger partial charge in [0.25, 0.3) is 0 Å². The van der Waals surface area contributed by atoms with Crippen molar-refractivity contribution in [3.05, 3.63) is 36.1 Å². The molecule has 1 aliphatic heterocycles. The molecule has 0 aromatic rings. The van der Waals surface area contributed by atoms with Crippen molar-refractivity contribution in [1.82, 2.24) is 5.32 Å². The second-order valence-electron chi connectivity index (χ2n) is 3.23. The zero-order valence-corrected chi connectivity index (χ0v) is 7.82. The van der Waals surface area contributed by atoms with Crippen LogP contribution < -0.4 is 5.32 Å². The van der Waals surface area contributed by atoms with Gasteiger partial charge in [-0.3, -0.25) is 0 Å². The molecule has 0 aromatic carbocycles. The summed E-state index contributed by atoms with van der Waals surface area (Å²) in [6.07, 6.45) is 5.55. The van der Waals surface area contributed by atoms with Crippen LogP contribution >= 0.6 is 0 Å². The number of rotatable bonds is 1. The Morgan fingerprint density at radius 1 is 1.50 bits per heavy atom. The molecule has 1 saturated heterocycles. The van der Waals surface area contributed by atoms with Crippen LogP contribution in [0.3, 0.4) is 0 Å². The molecule has 0 amide bonds. The standard InChI is InChI=1S/C11H17N/c1-4-9(2)11-7-5-6-8-12-10(11)3/h4,12H,1,3,5-8H2,2H3/b11-9-. The molecule has 1 N–H and O–H groups in total. The van der Waals surface area contributed by atoms with Crippen LogP contribution in [0.1, 0.15) is 26.2 Å². The van der Waals surface area contributed by atoms with Crippen molar-refractivity contribution >= 4 is 0 Å². The number of allylic oxidation sites excluding steroid dienone is 3. The van der Waals surface area contributed by atoms with Crippen LogP contribution in [0, 0.1) is 0 Å². The smallest absolute Gasteiger partial charge is 0.0302 e. The van der Waals surface area contributed by atoms with Gasteiger partial charge >= 0.3 is 0 Å². The third kappa shape index (κ3) is 2.00. The van der Waals surface area contributed by atoms with E-state index >= 15 is 0 Å². The van der Waals surface area contributed by atoms with Gasteiger partial charge in [0.05, 0.1) is 0 Å². The highest BCUT2D eigenvalue weighted by Crippen LogP contribution is 2.21. The minimum absolute atomic E-state index is 1.06. The van der Waals surface area contributed by atoms with E-state index in [0.29, 0.717) is 0 Å². The maximum Gasteiger partial charge on any atom is 0.0302 e. The molecule has 0 radical (unpaired) electrons. The Bertz CT molecular complexity index is 223. The molecule has 1 fully saturated rings. The Kier molecular flexibility index (Phi) is 3.15. The molecule has 66 valence electrons. The van der Waals surface area contributed by atoms with Gasteiger partial charge in [-0.2, -0.15) is 0 Å². The Morgan fingerprint density at radius 3 is 2.92 bits per heavy atom. The van der Waals surface area contributed by atoms with Gasteiger partial charge in [0.2, 0.25) is 0 Å². The van der Waals surface area contributed by atoms with Crippen LogP contribution in [-0.2, 0) is 0 Å². The molecular formula is C11H17N. The first-order valence-electron chi connectivity index (χ1n) is 4.51. The van der Waals surface area contributed by atoms with Crippen LogP contribution in [-0.4, -0.2) is 6.54 Å². The number of hydrogen-bond acceptors (Lipinski definition) is 1. The average molecular weight is 163 g/mol. The summed E-state index contributed by atoms with van der Waals surface area (Å²) in [6, 6.07) is 0. The van der Waals surface area contributed by atoms with Crippen molar-refractivity contribution in [1.29, 1.82) is 0 Å². The molecule has 0 aliphatic carbocycles. The molecular weight excluding hydrogens is 146 g/mol. The fraction of sp³-hybridized carbons (Fsp3) is 0.455. The molecule has 0 unspecified atom stereocenters. The minimum Gasteiger partial charge on any atom is -0.385 e. The average Bonchev–Trinajstić information content (AvgIpc) is 2.28. The first-order valence-corrected chi connectivity index (χ1v) is 4.51. The van der Waals surface area contributed by atoms with E-state index in [-0.39, 0.29) is 0 Å². The van der Waals surface area contributed by atoms with Gasteiger partial charge in [-0.15, -0.1) is 0 Å². The Morgan fingerprint density at radius 2 is 2.25 bits per heavy atom. The molecule has 0 saturated carbocycles. The summed E-state index contributed by atoms with van der Waals surface area (Å²) < 4.78 is 0. The molecule has 1 nitrogen and oxygen atoms in total. The lowest BCUT2D eigenvalue weighted by molar-refractivity contribution is 0.731. The lowest BCUT2D eigenvalue weighted by Crippen LogP contribution is -2.12. The summed E-state index contributed by atoms with van der Waals surface area (Å²) in [5, 5.41) is 3.31. The molecule has 1 rings (SSSR count). The highest BCUT2D eigenvalue weighted by Gasteiger charge is 2.08. The predicted molar refractivity (Wildman–Crippen MR) is 53.9 cm³/mol. The summed E-state index contributed by atoms with van der Waals surface area (Å²) in [7, 11) is 0. The van der Waals surface area contributed by atoms with E-state index in [1.165, 1.54) is 24.0 Å². The molecule has 0 atom stereocenters. The summed E-state index contributed by atoms with van der Waals surface area (Å²) in [4.78, 5) is 0. The zero-order valence-electron chi connectivity index (χ0n) is 7.82. The van der Waals surface area contributed by atoms with E-state index in [4.69, 9.17) is 0 Å². The van der Waals surface area contributed by atoms with Gasteiger partial charge in [-0.25, -0.2) is 0 Å². The number of nitrogens with one attached hydrogen (secondary N) is 1. The maximum absolute atomic E-state index is 4.01. The Labute approximate surface area is 74.9 Å². The first kappa shape index (κ1) is 9.11. The zero-order chi connectivity index (χ0) is 8.97. The third-order valence-electron chi connectivity index (χ3n) is 2.34. The molecule has 1 aliphatic rings. The number of hydrogen-bond donors (Lipinski definition) is 1. The van der Waals surface area contributed by atoms with Gasteiger partial charge in [0, 0.05) is 12.2 Å². The Balaban J connectivity index is 2.85. The van der Waals surface area contributed by atoms with Gasteiger partial charge in [0.1, 0.15) is 0 Å². The highest BCUT2D eigenvalue weighted by atomic mass is 14.9. The van der Waals surface area contributed by atoms with Crippen molar-refractivity contribution in [2.45, 2.75) is 26.2 Å². The van der Waals surface area contributed by atoms with E-state index in [2.05, 4.69) is 25.4 Å². The second-order valence-corrected chi connectivity index (χ2v) is 3.23. The summed E-state index contributed by atoms with van der Waals surface area (Å²) >= 11 is 0.